The summed E-state index contributed by atoms with van der Waals surface area (Å²) in [6, 6.07) is 0. The van der Waals surface area contributed by atoms with Gasteiger partial charge in [0.05, 0.1) is 25.7 Å². The van der Waals surface area contributed by atoms with E-state index >= 15 is 0 Å². The fraction of sp³-hybridized carbons (Fsp3) is 0.750. The minimum absolute atomic E-state index is 0.0686. The molecule has 0 amide bonds. The molecule has 0 saturated heterocycles. The molecule has 0 fully saturated rings. The van der Waals surface area contributed by atoms with Gasteiger partial charge in [-0.1, -0.05) is 0 Å². The zero-order chi connectivity index (χ0) is 10.3. The van der Waals surface area contributed by atoms with Gasteiger partial charge in [0.15, 0.2) is 0 Å². The monoisotopic (exact) mass is 190 g/mol. The average molecular weight is 190 g/mol. The van der Waals surface area contributed by atoms with E-state index in [1.54, 1.807) is 0 Å². The van der Waals surface area contributed by atoms with Crippen LogP contribution < -0.4 is 0 Å². The van der Waals surface area contributed by atoms with Crippen LogP contribution in [-0.4, -0.2) is 36.9 Å². The van der Waals surface area contributed by atoms with E-state index in [4.69, 9.17) is 5.11 Å². The van der Waals surface area contributed by atoms with E-state index < -0.39 is 11.9 Å². The Morgan fingerprint density at radius 1 is 1.15 bits per heavy atom. The van der Waals surface area contributed by atoms with E-state index in [1.165, 1.54) is 13.8 Å². The van der Waals surface area contributed by atoms with Crippen molar-refractivity contribution in [1.29, 1.82) is 0 Å². The molecular formula is C8H14O5. The largest absolute Gasteiger partial charge is 0.465 e. The molecule has 1 N–H and O–H groups in total. The van der Waals surface area contributed by atoms with Crippen LogP contribution in [0, 0.1) is 5.92 Å². The Morgan fingerprint density at radius 2 is 1.54 bits per heavy atom. The topological polar surface area (TPSA) is 72.8 Å². The van der Waals surface area contributed by atoms with Crippen molar-refractivity contribution >= 4 is 11.9 Å². The molecule has 76 valence electrons. The maximum Gasteiger partial charge on any atom is 0.302 e. The highest BCUT2D eigenvalue weighted by atomic mass is 16.5. The minimum Gasteiger partial charge on any atom is -0.465 e. The molecule has 5 heteroatoms. The van der Waals surface area contributed by atoms with Gasteiger partial charge in [0, 0.05) is 13.8 Å². The van der Waals surface area contributed by atoms with Crippen LogP contribution in [0.4, 0.5) is 0 Å². The quantitative estimate of drug-likeness (QED) is 0.604. The lowest BCUT2D eigenvalue weighted by molar-refractivity contribution is -0.146. The molecular weight excluding hydrogens is 176 g/mol. The summed E-state index contributed by atoms with van der Waals surface area (Å²) in [5.41, 5.74) is 0. The molecule has 0 aromatic carbocycles. The van der Waals surface area contributed by atoms with Crippen molar-refractivity contribution in [3.8, 4) is 0 Å². The number of esters is 2. The molecule has 0 aromatic rings. The van der Waals surface area contributed by atoms with Gasteiger partial charge in [0.1, 0.15) is 0 Å². The van der Waals surface area contributed by atoms with Gasteiger partial charge < -0.3 is 14.6 Å². The molecule has 0 saturated carbocycles. The molecule has 0 aliphatic carbocycles. The fourth-order valence-electron chi connectivity index (χ4n) is 0.624. The second kappa shape index (κ2) is 6.42. The first-order chi connectivity index (χ1) is 6.06. The third-order valence-electron chi connectivity index (χ3n) is 1.30. The van der Waals surface area contributed by atoms with Crippen LogP contribution in [0.1, 0.15) is 13.8 Å². The number of carbonyl (C=O) groups excluding carboxylic acids is 2. The molecule has 13 heavy (non-hydrogen) atoms. The van der Waals surface area contributed by atoms with Crippen LogP contribution in [0.5, 0.6) is 0 Å². The van der Waals surface area contributed by atoms with Crippen LogP contribution >= 0.6 is 0 Å². The van der Waals surface area contributed by atoms with Gasteiger partial charge in [0.25, 0.3) is 0 Å². The number of hydrogen-bond acceptors (Lipinski definition) is 5. The summed E-state index contributed by atoms with van der Waals surface area (Å²) in [4.78, 5) is 20.8. The Labute approximate surface area is 76.6 Å². The van der Waals surface area contributed by atoms with Gasteiger partial charge in [-0.2, -0.15) is 0 Å². The predicted octanol–water partition coefficient (Wildman–Crippen LogP) is -0.279. The van der Waals surface area contributed by atoms with E-state index in [-0.39, 0.29) is 25.7 Å². The van der Waals surface area contributed by atoms with Crippen LogP contribution in [0.25, 0.3) is 0 Å². The first kappa shape index (κ1) is 11.9. The van der Waals surface area contributed by atoms with Crippen molar-refractivity contribution in [2.75, 3.05) is 19.8 Å². The van der Waals surface area contributed by atoms with E-state index in [0.717, 1.165) is 0 Å². The predicted molar refractivity (Wildman–Crippen MR) is 43.8 cm³/mol. The summed E-state index contributed by atoms with van der Waals surface area (Å²) >= 11 is 0. The van der Waals surface area contributed by atoms with E-state index in [2.05, 4.69) is 9.47 Å². The molecule has 0 unspecified atom stereocenters. The molecule has 0 aliphatic heterocycles. The van der Waals surface area contributed by atoms with Crippen molar-refractivity contribution < 1.29 is 24.2 Å². The zero-order valence-corrected chi connectivity index (χ0v) is 7.78. The van der Waals surface area contributed by atoms with Gasteiger partial charge in [-0.25, -0.2) is 0 Å². The highest BCUT2D eigenvalue weighted by Gasteiger charge is 2.10. The van der Waals surface area contributed by atoms with Crippen LogP contribution in [-0.2, 0) is 19.1 Å². The lowest BCUT2D eigenvalue weighted by Crippen LogP contribution is -2.22. The number of hydrogen-bond donors (Lipinski definition) is 1. The average Bonchev–Trinajstić information content (AvgIpc) is 2.04. The summed E-state index contributed by atoms with van der Waals surface area (Å²) in [6.07, 6.45) is 0. The normalized spacial score (nSPS) is 9.85. The van der Waals surface area contributed by atoms with E-state index in [9.17, 15) is 9.59 Å². The summed E-state index contributed by atoms with van der Waals surface area (Å²) < 4.78 is 9.27. The fourth-order valence-corrected chi connectivity index (χ4v) is 0.624. The first-order valence-corrected chi connectivity index (χ1v) is 3.93. The van der Waals surface area contributed by atoms with Gasteiger partial charge in [-0.3, -0.25) is 9.59 Å². The van der Waals surface area contributed by atoms with Crippen molar-refractivity contribution in [2.45, 2.75) is 13.8 Å². The molecule has 5 nitrogen and oxygen atoms in total. The summed E-state index contributed by atoms with van der Waals surface area (Å²) in [5.74, 6) is -1.17. The second-order valence-corrected chi connectivity index (χ2v) is 2.65. The maximum atomic E-state index is 10.4. The molecule has 0 spiro atoms. The highest BCUT2D eigenvalue weighted by molar-refractivity contribution is 5.66. The number of carbonyl (C=O) groups is 2. The van der Waals surface area contributed by atoms with Crippen LogP contribution in [0.15, 0.2) is 0 Å². The molecule has 0 aromatic heterocycles. The molecule has 0 heterocycles. The summed E-state index contributed by atoms with van der Waals surface area (Å²) in [7, 11) is 0. The summed E-state index contributed by atoms with van der Waals surface area (Å²) in [6.45, 7) is 2.51. The Hall–Kier alpha value is -1.10. The molecule has 0 rings (SSSR count). The lowest BCUT2D eigenvalue weighted by Gasteiger charge is -2.12. The standard InChI is InChI=1S/C8H14O5/c1-6(10)12-4-8(3-9)5-13-7(2)11/h8-9H,3-5H2,1-2H3. The molecule has 0 atom stereocenters. The van der Waals surface area contributed by atoms with Gasteiger partial charge in [0.2, 0.25) is 0 Å². The van der Waals surface area contributed by atoms with E-state index in [1.807, 2.05) is 0 Å². The Balaban J connectivity index is 3.63. The SMILES string of the molecule is CC(=O)OCC(CO)COC(C)=O. The second-order valence-electron chi connectivity index (χ2n) is 2.65. The first-order valence-electron chi connectivity index (χ1n) is 3.93. The molecule has 0 bridgehead atoms. The smallest absolute Gasteiger partial charge is 0.302 e. The van der Waals surface area contributed by atoms with Crippen molar-refractivity contribution in [2.24, 2.45) is 5.92 Å². The Kier molecular flexibility index (Phi) is 5.88. The van der Waals surface area contributed by atoms with Crippen molar-refractivity contribution in [3.63, 3.8) is 0 Å². The Bertz CT molecular complexity index is 159. The number of rotatable bonds is 5. The van der Waals surface area contributed by atoms with Gasteiger partial charge >= 0.3 is 11.9 Å². The minimum atomic E-state index is -0.415. The third kappa shape index (κ3) is 7.27. The van der Waals surface area contributed by atoms with E-state index in [0.29, 0.717) is 0 Å². The zero-order valence-electron chi connectivity index (χ0n) is 7.78. The molecule has 0 aliphatic rings. The van der Waals surface area contributed by atoms with Gasteiger partial charge in [-0.05, 0) is 0 Å². The lowest BCUT2D eigenvalue weighted by atomic mass is 10.2. The Morgan fingerprint density at radius 3 is 1.77 bits per heavy atom. The number of ether oxygens (including phenoxy) is 2. The third-order valence-corrected chi connectivity index (χ3v) is 1.30. The van der Waals surface area contributed by atoms with Gasteiger partial charge in [-0.15, -0.1) is 0 Å². The highest BCUT2D eigenvalue weighted by Crippen LogP contribution is 1.98. The van der Waals surface area contributed by atoms with Crippen molar-refractivity contribution in [3.05, 3.63) is 0 Å². The number of aliphatic hydroxyl groups excluding tert-OH is 1. The number of aliphatic hydroxyl groups is 1. The maximum absolute atomic E-state index is 10.4. The van der Waals surface area contributed by atoms with Crippen molar-refractivity contribution in [1.82, 2.24) is 0 Å². The molecule has 0 radical (unpaired) electrons. The van der Waals surface area contributed by atoms with Crippen LogP contribution in [0.2, 0.25) is 0 Å². The van der Waals surface area contributed by atoms with Crippen LogP contribution in [0.3, 0.4) is 0 Å². The summed E-state index contributed by atoms with van der Waals surface area (Å²) in [5, 5.41) is 8.77.